The van der Waals surface area contributed by atoms with Gasteiger partial charge in [-0.25, -0.2) is 17.9 Å². The van der Waals surface area contributed by atoms with Crippen molar-refractivity contribution < 1.29 is 22.7 Å². The van der Waals surface area contributed by atoms with Gasteiger partial charge >= 0.3 is 6.03 Å². The van der Waals surface area contributed by atoms with Crippen LogP contribution in [-0.4, -0.2) is 33.0 Å². The van der Waals surface area contributed by atoms with E-state index in [4.69, 9.17) is 4.74 Å². The lowest BCUT2D eigenvalue weighted by Gasteiger charge is -2.31. The van der Waals surface area contributed by atoms with Crippen LogP contribution in [0.4, 0.5) is 4.79 Å². The fourth-order valence-electron chi connectivity index (χ4n) is 4.03. The van der Waals surface area contributed by atoms with E-state index in [1.54, 1.807) is 24.3 Å². The molecule has 1 saturated carbocycles. The van der Waals surface area contributed by atoms with Gasteiger partial charge in [-0.3, -0.25) is 4.79 Å². The molecule has 2 aromatic carbocycles. The molecule has 0 spiro atoms. The maximum absolute atomic E-state index is 12.6. The predicted octanol–water partition coefficient (Wildman–Crippen LogP) is 3.58. The molecule has 3 rings (SSSR count). The van der Waals surface area contributed by atoms with Gasteiger partial charge in [0.1, 0.15) is 5.75 Å². The lowest BCUT2D eigenvalue weighted by Crippen LogP contribution is -2.45. The molecule has 3 amide bonds. The van der Waals surface area contributed by atoms with Gasteiger partial charge in [-0.05, 0) is 67.3 Å². The zero-order chi connectivity index (χ0) is 24.6. The number of hydrogen-bond acceptors (Lipinski definition) is 5. The molecule has 0 aliphatic heterocycles. The van der Waals surface area contributed by atoms with Crippen LogP contribution < -0.4 is 20.1 Å². The van der Waals surface area contributed by atoms with Gasteiger partial charge in [0.05, 0.1) is 4.90 Å². The first-order valence-electron chi connectivity index (χ1n) is 11.6. The fourth-order valence-corrected chi connectivity index (χ4v) is 4.94. The second-order valence-electron chi connectivity index (χ2n) is 8.96. The summed E-state index contributed by atoms with van der Waals surface area (Å²) in [5.41, 5.74) is 0.721. The smallest absolute Gasteiger partial charge is 0.328 e. The molecule has 0 aromatic heterocycles. The average Bonchev–Trinajstić information content (AvgIpc) is 2.82. The van der Waals surface area contributed by atoms with E-state index in [1.807, 2.05) is 18.2 Å². The van der Waals surface area contributed by atoms with Crippen LogP contribution >= 0.6 is 0 Å². The van der Waals surface area contributed by atoms with E-state index in [2.05, 4.69) is 29.2 Å². The van der Waals surface area contributed by atoms with Crippen LogP contribution in [0.5, 0.6) is 5.75 Å². The van der Waals surface area contributed by atoms with Crippen LogP contribution in [0.15, 0.2) is 59.5 Å². The van der Waals surface area contributed by atoms with Crippen LogP contribution in [-0.2, 0) is 21.4 Å². The lowest BCUT2D eigenvalue weighted by molar-refractivity contribution is -0.123. The average molecular weight is 488 g/mol. The molecule has 184 valence electrons. The van der Waals surface area contributed by atoms with Crippen LogP contribution in [0.25, 0.3) is 0 Å². The second-order valence-corrected chi connectivity index (χ2v) is 10.6. The number of nitrogens with one attached hydrogen (secondary N) is 3. The molecule has 1 aliphatic rings. The van der Waals surface area contributed by atoms with Crippen molar-refractivity contribution in [2.75, 3.05) is 6.61 Å². The van der Waals surface area contributed by atoms with Crippen LogP contribution in [0.1, 0.15) is 45.1 Å². The van der Waals surface area contributed by atoms with Gasteiger partial charge in [0.2, 0.25) is 0 Å². The Kier molecular flexibility index (Phi) is 8.92. The number of carbonyl (C=O) groups excluding carboxylic acids is 2. The highest BCUT2D eigenvalue weighted by atomic mass is 32.2. The van der Waals surface area contributed by atoms with Gasteiger partial charge in [0, 0.05) is 12.6 Å². The van der Waals surface area contributed by atoms with Gasteiger partial charge in [0.25, 0.3) is 15.9 Å². The van der Waals surface area contributed by atoms with E-state index in [-0.39, 0.29) is 30.0 Å². The zero-order valence-electron chi connectivity index (χ0n) is 19.6. The van der Waals surface area contributed by atoms with Crippen molar-refractivity contribution in [1.29, 1.82) is 0 Å². The second kappa shape index (κ2) is 11.9. The predicted molar refractivity (Wildman–Crippen MR) is 130 cm³/mol. The number of sulfonamides is 1. The summed E-state index contributed by atoms with van der Waals surface area (Å²) in [5.74, 6) is 1.59. The number of hydrogen-bond donors (Lipinski definition) is 3. The van der Waals surface area contributed by atoms with E-state index in [0.29, 0.717) is 17.6 Å². The summed E-state index contributed by atoms with van der Waals surface area (Å²) in [6.07, 6.45) is 3.78. The molecule has 3 N–H and O–H groups in total. The third-order valence-corrected chi connectivity index (χ3v) is 7.46. The lowest BCUT2D eigenvalue weighted by atomic mass is 9.80. The highest BCUT2D eigenvalue weighted by Gasteiger charge is 2.25. The fraction of sp³-hybridized carbons (Fsp3) is 0.440. The monoisotopic (exact) mass is 487 g/mol. The largest absolute Gasteiger partial charge is 0.484 e. The summed E-state index contributed by atoms with van der Waals surface area (Å²) in [6.45, 7) is 4.52. The molecule has 9 heteroatoms. The quantitative estimate of drug-likeness (QED) is 0.500. The number of carbonyl (C=O) groups is 2. The molecule has 0 bridgehead atoms. The van der Waals surface area contributed by atoms with E-state index < -0.39 is 16.1 Å². The van der Waals surface area contributed by atoms with Crippen molar-refractivity contribution in [3.05, 3.63) is 60.2 Å². The number of benzene rings is 2. The number of amides is 3. The Hall–Kier alpha value is -3.07. The topological polar surface area (TPSA) is 114 Å². The molecule has 8 nitrogen and oxygen atoms in total. The molecule has 2 aromatic rings. The summed E-state index contributed by atoms with van der Waals surface area (Å²) in [6, 6.07) is 14.3. The van der Waals surface area contributed by atoms with Crippen molar-refractivity contribution in [3.8, 4) is 5.75 Å². The Morgan fingerprint density at radius 1 is 0.971 bits per heavy atom. The number of rotatable bonds is 9. The summed E-state index contributed by atoms with van der Waals surface area (Å²) >= 11 is 0. The Labute approximate surface area is 201 Å². The maximum atomic E-state index is 12.6. The standard InChI is InChI=1S/C25H33N3O5S/c1-18(2)20-10-12-21(13-11-20)27-25(30)28-34(31,32)23-14-8-19(9-15-23)16-26-24(29)17-33-22-6-4-3-5-7-22/h3-9,14-15,18,20-21H,10-13,16-17H2,1-2H3,(H,26,29)(H2,27,28,30). The van der Waals surface area contributed by atoms with Crippen LogP contribution in [0.2, 0.25) is 0 Å². The minimum absolute atomic E-state index is 0.0120. The first kappa shape index (κ1) is 25.6. The van der Waals surface area contributed by atoms with Crippen molar-refractivity contribution in [1.82, 2.24) is 15.4 Å². The molecule has 34 heavy (non-hydrogen) atoms. The van der Waals surface area contributed by atoms with Gasteiger partial charge < -0.3 is 15.4 Å². The summed E-state index contributed by atoms with van der Waals surface area (Å²) in [4.78, 5) is 24.2. The number of ether oxygens (including phenoxy) is 1. The molecule has 1 fully saturated rings. The normalized spacial score (nSPS) is 18.2. The number of para-hydroxylation sites is 1. The molecule has 0 unspecified atom stereocenters. The summed E-state index contributed by atoms with van der Waals surface area (Å²) in [5, 5.41) is 5.51. The molecule has 0 radical (unpaired) electrons. The van der Waals surface area contributed by atoms with E-state index >= 15 is 0 Å². The van der Waals surface area contributed by atoms with Crippen molar-refractivity contribution in [3.63, 3.8) is 0 Å². The maximum Gasteiger partial charge on any atom is 0.328 e. The van der Waals surface area contributed by atoms with Gasteiger partial charge in [-0.2, -0.15) is 0 Å². The van der Waals surface area contributed by atoms with E-state index in [9.17, 15) is 18.0 Å². The SMILES string of the molecule is CC(C)C1CCC(NC(=O)NS(=O)(=O)c2ccc(CNC(=O)COc3ccccc3)cc2)CC1. The Morgan fingerprint density at radius 3 is 2.24 bits per heavy atom. The Bertz CT molecular complexity index is 1050. The van der Waals surface area contributed by atoms with Crippen molar-refractivity contribution in [2.24, 2.45) is 11.8 Å². The first-order valence-corrected chi connectivity index (χ1v) is 13.1. The van der Waals surface area contributed by atoms with Crippen molar-refractivity contribution in [2.45, 2.75) is 57.0 Å². The van der Waals surface area contributed by atoms with Gasteiger partial charge in [-0.1, -0.05) is 44.2 Å². The third kappa shape index (κ3) is 7.76. The van der Waals surface area contributed by atoms with Gasteiger partial charge in [0.15, 0.2) is 6.61 Å². The van der Waals surface area contributed by atoms with Crippen molar-refractivity contribution >= 4 is 22.0 Å². The number of urea groups is 1. The Morgan fingerprint density at radius 2 is 1.62 bits per heavy atom. The third-order valence-electron chi connectivity index (χ3n) is 6.11. The molecular weight excluding hydrogens is 454 g/mol. The summed E-state index contributed by atoms with van der Waals surface area (Å²) in [7, 11) is -3.99. The first-order chi connectivity index (χ1) is 16.2. The minimum Gasteiger partial charge on any atom is -0.484 e. The highest BCUT2D eigenvalue weighted by molar-refractivity contribution is 7.90. The molecule has 1 aliphatic carbocycles. The van der Waals surface area contributed by atoms with Crippen LogP contribution in [0, 0.1) is 11.8 Å². The Balaban J connectivity index is 1.43. The molecular formula is C25H33N3O5S. The molecule has 0 saturated heterocycles. The molecule has 0 atom stereocenters. The minimum atomic E-state index is -3.99. The van der Waals surface area contributed by atoms with E-state index in [1.165, 1.54) is 12.1 Å². The summed E-state index contributed by atoms with van der Waals surface area (Å²) < 4.78 is 32.6. The highest BCUT2D eigenvalue weighted by Crippen LogP contribution is 2.29. The molecule has 0 heterocycles. The zero-order valence-corrected chi connectivity index (χ0v) is 20.4. The van der Waals surface area contributed by atoms with Gasteiger partial charge in [-0.15, -0.1) is 0 Å². The van der Waals surface area contributed by atoms with Crippen LogP contribution in [0.3, 0.4) is 0 Å². The van der Waals surface area contributed by atoms with E-state index in [0.717, 1.165) is 31.2 Å².